The lowest BCUT2D eigenvalue weighted by atomic mass is 10.1. The molecule has 0 aromatic carbocycles. The number of nitrogen functional groups attached to an aromatic ring is 1. The lowest BCUT2D eigenvalue weighted by molar-refractivity contribution is 0.184. The van der Waals surface area contributed by atoms with E-state index < -0.39 is 10.0 Å². The van der Waals surface area contributed by atoms with E-state index in [4.69, 9.17) is 10.5 Å². The van der Waals surface area contributed by atoms with E-state index in [1.807, 2.05) is 0 Å². The van der Waals surface area contributed by atoms with E-state index in [0.29, 0.717) is 12.5 Å². The molecule has 18 heavy (non-hydrogen) atoms. The van der Waals surface area contributed by atoms with Crippen molar-refractivity contribution in [2.24, 2.45) is 5.92 Å². The molecule has 1 unspecified atom stereocenters. The Labute approximate surface area is 107 Å². The number of nitrogens with one attached hydrogen (secondary N) is 1. The molecule has 1 aliphatic rings. The Balaban J connectivity index is 1.93. The van der Waals surface area contributed by atoms with Crippen LogP contribution in [0.1, 0.15) is 12.8 Å². The molecule has 1 saturated heterocycles. The van der Waals surface area contributed by atoms with Gasteiger partial charge in [-0.1, -0.05) is 0 Å². The highest BCUT2D eigenvalue weighted by Gasteiger charge is 2.19. The van der Waals surface area contributed by atoms with Crippen LogP contribution in [-0.4, -0.2) is 33.2 Å². The highest BCUT2D eigenvalue weighted by molar-refractivity contribution is 7.89. The second kappa shape index (κ2) is 5.64. The molecule has 1 aromatic heterocycles. The van der Waals surface area contributed by atoms with Gasteiger partial charge in [0, 0.05) is 32.2 Å². The van der Waals surface area contributed by atoms with Gasteiger partial charge in [-0.2, -0.15) is 0 Å². The molecule has 6 nitrogen and oxygen atoms in total. The molecule has 0 radical (unpaired) electrons. The van der Waals surface area contributed by atoms with E-state index in [2.05, 4.69) is 9.71 Å². The third-order valence-electron chi connectivity index (χ3n) is 2.97. The normalized spacial score (nSPS) is 20.1. The fraction of sp³-hybridized carbons (Fsp3) is 0.545. The van der Waals surface area contributed by atoms with E-state index >= 15 is 0 Å². The Hall–Kier alpha value is -1.18. The zero-order valence-corrected chi connectivity index (χ0v) is 10.8. The summed E-state index contributed by atoms with van der Waals surface area (Å²) in [5, 5.41) is 0. The van der Waals surface area contributed by atoms with Crippen LogP contribution in [0.25, 0.3) is 0 Å². The molecule has 0 saturated carbocycles. The first-order valence-electron chi connectivity index (χ1n) is 5.86. The van der Waals surface area contributed by atoms with Crippen molar-refractivity contribution in [1.29, 1.82) is 0 Å². The van der Waals surface area contributed by atoms with Gasteiger partial charge in [0.05, 0.1) is 5.69 Å². The van der Waals surface area contributed by atoms with Crippen molar-refractivity contribution >= 4 is 15.7 Å². The summed E-state index contributed by atoms with van der Waals surface area (Å²) in [4.78, 5) is 3.81. The minimum absolute atomic E-state index is 0.0349. The van der Waals surface area contributed by atoms with Crippen LogP contribution in [0.3, 0.4) is 0 Å². The molecule has 3 N–H and O–H groups in total. The largest absolute Gasteiger partial charge is 0.398 e. The summed E-state index contributed by atoms with van der Waals surface area (Å²) < 4.78 is 31.7. The van der Waals surface area contributed by atoms with Crippen molar-refractivity contribution in [1.82, 2.24) is 9.71 Å². The number of hydrogen-bond donors (Lipinski definition) is 2. The van der Waals surface area contributed by atoms with E-state index in [9.17, 15) is 8.42 Å². The molecule has 7 heteroatoms. The van der Waals surface area contributed by atoms with Gasteiger partial charge in [0.2, 0.25) is 10.0 Å². The Morgan fingerprint density at radius 1 is 1.56 bits per heavy atom. The third kappa shape index (κ3) is 3.18. The van der Waals surface area contributed by atoms with Gasteiger partial charge in [-0.3, -0.25) is 4.98 Å². The molecular weight excluding hydrogens is 254 g/mol. The molecule has 2 heterocycles. The fourth-order valence-corrected chi connectivity index (χ4v) is 3.02. The number of aromatic nitrogens is 1. The monoisotopic (exact) mass is 271 g/mol. The van der Waals surface area contributed by atoms with Gasteiger partial charge in [0.1, 0.15) is 4.90 Å². The number of ether oxygens (including phenoxy) is 1. The minimum Gasteiger partial charge on any atom is -0.398 e. The summed E-state index contributed by atoms with van der Waals surface area (Å²) in [7, 11) is -3.56. The topological polar surface area (TPSA) is 94.3 Å². The van der Waals surface area contributed by atoms with Crippen LogP contribution in [0.4, 0.5) is 5.69 Å². The number of pyridine rings is 1. The Morgan fingerprint density at radius 3 is 3.06 bits per heavy atom. The van der Waals surface area contributed by atoms with Crippen molar-refractivity contribution in [2.75, 3.05) is 25.5 Å². The Bertz CT molecular complexity index is 498. The average molecular weight is 271 g/mol. The lowest BCUT2D eigenvalue weighted by Crippen LogP contribution is -2.27. The maximum Gasteiger partial charge on any atom is 0.244 e. The van der Waals surface area contributed by atoms with Crippen LogP contribution in [0.15, 0.2) is 23.4 Å². The number of nitrogens with two attached hydrogens (primary N) is 1. The summed E-state index contributed by atoms with van der Waals surface area (Å²) >= 11 is 0. The summed E-state index contributed by atoms with van der Waals surface area (Å²) in [5.74, 6) is 0.443. The zero-order valence-electron chi connectivity index (χ0n) is 10.0. The molecule has 1 aliphatic heterocycles. The van der Waals surface area contributed by atoms with Gasteiger partial charge in [-0.25, -0.2) is 13.1 Å². The van der Waals surface area contributed by atoms with Crippen LogP contribution in [0, 0.1) is 5.92 Å². The maximum absolute atomic E-state index is 12.0. The molecule has 0 aliphatic carbocycles. The second-order valence-corrected chi connectivity index (χ2v) is 6.06. The van der Waals surface area contributed by atoms with Crippen molar-refractivity contribution in [3.63, 3.8) is 0 Å². The SMILES string of the molecule is Nc1ccncc1S(=O)(=O)NCCC1CCOC1. The fourth-order valence-electron chi connectivity index (χ4n) is 1.90. The van der Waals surface area contributed by atoms with Crippen molar-refractivity contribution < 1.29 is 13.2 Å². The molecule has 1 fully saturated rings. The standard InChI is InChI=1S/C11H17N3O3S/c12-10-2-4-13-7-11(10)18(15,16)14-5-1-9-3-6-17-8-9/h2,4,7,9,14H,1,3,5-6,8H2,(H2,12,13). The number of hydrogen-bond acceptors (Lipinski definition) is 5. The molecule has 1 atom stereocenters. The van der Waals surface area contributed by atoms with Crippen LogP contribution >= 0.6 is 0 Å². The van der Waals surface area contributed by atoms with E-state index in [0.717, 1.165) is 26.1 Å². The van der Waals surface area contributed by atoms with Crippen molar-refractivity contribution in [3.8, 4) is 0 Å². The summed E-state index contributed by atoms with van der Waals surface area (Å²) in [6, 6.07) is 1.47. The van der Waals surface area contributed by atoms with E-state index in [-0.39, 0.29) is 10.6 Å². The predicted octanol–water partition coefficient (Wildman–Crippen LogP) is 0.369. The summed E-state index contributed by atoms with van der Waals surface area (Å²) in [6.45, 7) is 1.88. The van der Waals surface area contributed by atoms with Crippen molar-refractivity contribution in [3.05, 3.63) is 18.5 Å². The Morgan fingerprint density at radius 2 is 2.39 bits per heavy atom. The highest BCUT2D eigenvalue weighted by atomic mass is 32.2. The van der Waals surface area contributed by atoms with Gasteiger partial charge in [-0.05, 0) is 24.8 Å². The van der Waals surface area contributed by atoms with Crippen LogP contribution in [0.2, 0.25) is 0 Å². The first-order chi connectivity index (χ1) is 8.59. The van der Waals surface area contributed by atoms with Crippen LogP contribution in [-0.2, 0) is 14.8 Å². The first-order valence-corrected chi connectivity index (χ1v) is 7.35. The van der Waals surface area contributed by atoms with Gasteiger partial charge in [0.15, 0.2) is 0 Å². The van der Waals surface area contributed by atoms with Crippen LogP contribution in [0.5, 0.6) is 0 Å². The maximum atomic E-state index is 12.0. The first kappa shape index (κ1) is 13.3. The summed E-state index contributed by atoms with van der Waals surface area (Å²) in [6.07, 6.45) is 4.50. The molecule has 0 amide bonds. The number of rotatable bonds is 5. The molecule has 2 rings (SSSR count). The molecular formula is C11H17N3O3S. The van der Waals surface area contributed by atoms with Crippen LogP contribution < -0.4 is 10.5 Å². The molecule has 0 spiro atoms. The predicted molar refractivity (Wildman–Crippen MR) is 67.4 cm³/mol. The molecule has 0 bridgehead atoms. The van der Waals surface area contributed by atoms with E-state index in [1.54, 1.807) is 0 Å². The quantitative estimate of drug-likeness (QED) is 0.807. The lowest BCUT2D eigenvalue weighted by Gasteiger charge is -2.10. The Kier molecular flexibility index (Phi) is 4.15. The molecule has 100 valence electrons. The third-order valence-corrected chi connectivity index (χ3v) is 4.48. The number of sulfonamides is 1. The second-order valence-electron chi connectivity index (χ2n) is 4.33. The minimum atomic E-state index is -3.56. The summed E-state index contributed by atoms with van der Waals surface area (Å²) in [5.41, 5.74) is 5.83. The van der Waals surface area contributed by atoms with E-state index in [1.165, 1.54) is 18.5 Å². The average Bonchev–Trinajstić information content (AvgIpc) is 2.82. The number of nitrogens with zero attached hydrogens (tertiary/aromatic N) is 1. The smallest absolute Gasteiger partial charge is 0.244 e. The van der Waals surface area contributed by atoms with Gasteiger partial charge in [0.25, 0.3) is 0 Å². The van der Waals surface area contributed by atoms with Gasteiger partial charge >= 0.3 is 0 Å². The van der Waals surface area contributed by atoms with Gasteiger partial charge in [-0.15, -0.1) is 0 Å². The molecule has 1 aromatic rings. The highest BCUT2D eigenvalue weighted by Crippen LogP contribution is 2.17. The van der Waals surface area contributed by atoms with Crippen molar-refractivity contribution in [2.45, 2.75) is 17.7 Å². The zero-order chi connectivity index (χ0) is 13.0. The number of anilines is 1. The van der Waals surface area contributed by atoms with Gasteiger partial charge < -0.3 is 10.5 Å².